The molecule has 0 saturated carbocycles. The maximum absolute atomic E-state index is 12.7. The molecule has 1 amide bonds. The first-order valence-corrected chi connectivity index (χ1v) is 18.6. The van der Waals surface area contributed by atoms with Gasteiger partial charge in [0.25, 0.3) is 0 Å². The van der Waals surface area contributed by atoms with Crippen LogP contribution in [0.25, 0.3) is 0 Å². The molecule has 0 spiro atoms. The minimum absolute atomic E-state index is 0.0371. The van der Waals surface area contributed by atoms with E-state index in [1.54, 1.807) is 22.6 Å². The number of carbonyl (C=O) groups is 1. The van der Waals surface area contributed by atoms with Crippen LogP contribution in [0.4, 0.5) is 15.6 Å². The zero-order valence-electron chi connectivity index (χ0n) is 31.1. The van der Waals surface area contributed by atoms with Gasteiger partial charge in [-0.1, -0.05) is 5.16 Å². The number of ether oxygens (including phenoxy) is 2. The largest absolute Gasteiger partial charge is 0.474 e. The van der Waals surface area contributed by atoms with Gasteiger partial charge in [0.15, 0.2) is 0 Å². The summed E-state index contributed by atoms with van der Waals surface area (Å²) < 4.78 is 12.0. The van der Waals surface area contributed by atoms with Crippen LogP contribution in [0.15, 0.2) is 16.2 Å². The molecular formula is C36H51N9O5S. The maximum Gasteiger partial charge on any atom is 0.410 e. The van der Waals surface area contributed by atoms with Crippen LogP contribution in [0.5, 0.6) is 5.88 Å². The molecule has 0 radical (unpaired) electrons. The van der Waals surface area contributed by atoms with Crippen LogP contribution < -0.4 is 9.64 Å². The molecule has 15 heteroatoms. The molecule has 2 unspecified atom stereocenters. The summed E-state index contributed by atoms with van der Waals surface area (Å²) in [5, 5.41) is 27.7. The second-order valence-corrected chi connectivity index (χ2v) is 16.7. The van der Waals surface area contributed by atoms with Gasteiger partial charge in [0, 0.05) is 82.1 Å². The van der Waals surface area contributed by atoms with Crippen LogP contribution in [-0.2, 0) is 27.2 Å². The first-order valence-electron chi connectivity index (χ1n) is 17.8. The number of aliphatic imine (C=N–C) groups is 1. The lowest BCUT2D eigenvalue weighted by atomic mass is 9.68. The highest BCUT2D eigenvalue weighted by Gasteiger charge is 2.51. The number of aliphatic hydroxyl groups is 1. The van der Waals surface area contributed by atoms with E-state index in [9.17, 15) is 15.2 Å². The normalized spacial score (nSPS) is 26.0. The number of rotatable bonds is 7. The monoisotopic (exact) mass is 721 g/mol. The Kier molecular flexibility index (Phi) is 10.2. The van der Waals surface area contributed by atoms with E-state index in [1.165, 1.54) is 0 Å². The average molecular weight is 722 g/mol. The number of anilines is 1. The van der Waals surface area contributed by atoms with Crippen molar-refractivity contribution in [2.45, 2.75) is 102 Å². The first-order chi connectivity index (χ1) is 24.1. The second kappa shape index (κ2) is 14.2. The van der Waals surface area contributed by atoms with Crippen molar-refractivity contribution in [3.8, 4) is 11.9 Å². The fourth-order valence-corrected chi connectivity index (χ4v) is 8.63. The minimum Gasteiger partial charge on any atom is -0.474 e. The van der Waals surface area contributed by atoms with Gasteiger partial charge in [0.05, 0.1) is 24.0 Å². The molecule has 1 N–H and O–H groups in total. The van der Waals surface area contributed by atoms with Crippen LogP contribution in [0.2, 0.25) is 0 Å². The number of nitriles is 1. The SMILES string of the molecule is C[C@H]1CN(C)CCN1c1cc(OC2CCN(C(=O)OC(C)(C)C)CC2)nc(C2(O)CC(C3(C)CCCc4sc(/N=C/N(C)C)c(C#N)c43)=NO2)n1. The van der Waals surface area contributed by atoms with Gasteiger partial charge < -0.3 is 39.0 Å². The lowest BCUT2D eigenvalue weighted by molar-refractivity contribution is -0.199. The summed E-state index contributed by atoms with van der Waals surface area (Å²) in [6.07, 6.45) is 4.95. The highest BCUT2D eigenvalue weighted by atomic mass is 32.1. The number of hydrogen-bond acceptors (Lipinski definition) is 13. The number of oxime groups is 1. The Morgan fingerprint density at radius 1 is 1.24 bits per heavy atom. The summed E-state index contributed by atoms with van der Waals surface area (Å²) in [6, 6.07) is 4.41. The molecule has 2 fully saturated rings. The van der Waals surface area contributed by atoms with Crippen molar-refractivity contribution < 1.29 is 24.2 Å². The number of likely N-dealkylation sites (tertiary alicyclic amines) is 1. The molecule has 2 saturated heterocycles. The van der Waals surface area contributed by atoms with E-state index < -0.39 is 16.8 Å². The number of aromatic nitrogens is 2. The van der Waals surface area contributed by atoms with Crippen LogP contribution in [-0.4, -0.2) is 120 Å². The van der Waals surface area contributed by atoms with Crippen molar-refractivity contribution in [3.05, 3.63) is 27.9 Å². The minimum atomic E-state index is -1.94. The third-order valence-corrected chi connectivity index (χ3v) is 11.2. The highest BCUT2D eigenvalue weighted by molar-refractivity contribution is 7.16. The number of piperidine rings is 1. The average Bonchev–Trinajstić information content (AvgIpc) is 3.65. The molecule has 3 atom stereocenters. The van der Waals surface area contributed by atoms with Gasteiger partial charge in [0.1, 0.15) is 28.6 Å². The van der Waals surface area contributed by atoms with Crippen molar-refractivity contribution in [3.63, 3.8) is 0 Å². The number of fused-ring (bicyclic) bond motifs is 1. The van der Waals surface area contributed by atoms with Gasteiger partial charge in [-0.2, -0.15) is 10.2 Å². The van der Waals surface area contributed by atoms with E-state index in [4.69, 9.17) is 24.3 Å². The predicted molar refractivity (Wildman–Crippen MR) is 196 cm³/mol. The topological polar surface area (TPSA) is 152 Å². The second-order valence-electron chi connectivity index (χ2n) is 15.7. The number of nitrogens with zero attached hydrogens (tertiary/aromatic N) is 9. The Hall–Kier alpha value is -4.00. The number of hydrogen-bond donors (Lipinski definition) is 1. The molecule has 2 aromatic rings. The molecule has 14 nitrogen and oxygen atoms in total. The van der Waals surface area contributed by atoms with E-state index in [1.807, 2.05) is 45.8 Å². The molecule has 51 heavy (non-hydrogen) atoms. The summed E-state index contributed by atoms with van der Waals surface area (Å²) in [6.45, 7) is 13.3. The van der Waals surface area contributed by atoms with E-state index in [-0.39, 0.29) is 30.5 Å². The molecule has 0 bridgehead atoms. The van der Waals surface area contributed by atoms with Crippen molar-refractivity contribution in [2.75, 3.05) is 58.8 Å². The lowest BCUT2D eigenvalue weighted by Crippen LogP contribution is -2.51. The van der Waals surface area contributed by atoms with E-state index >= 15 is 0 Å². The first kappa shape index (κ1) is 36.8. The van der Waals surface area contributed by atoms with Crippen LogP contribution in [0, 0.1) is 11.3 Å². The molecule has 1 aliphatic carbocycles. The summed E-state index contributed by atoms with van der Waals surface area (Å²) in [7, 11) is 5.89. The Labute approximate surface area is 304 Å². The van der Waals surface area contributed by atoms with Gasteiger partial charge in [-0.15, -0.1) is 11.3 Å². The molecule has 2 aromatic heterocycles. The van der Waals surface area contributed by atoms with E-state index in [0.717, 1.165) is 49.3 Å². The summed E-state index contributed by atoms with van der Waals surface area (Å²) in [5.74, 6) is -0.880. The zero-order valence-corrected chi connectivity index (χ0v) is 31.9. The Morgan fingerprint density at radius 2 is 1.98 bits per heavy atom. The standard InChI is InChI=1S/C36H51N9O5S/c1-23-21-43(8)16-17-45(23)28-18-29(48-24-11-14-44(15-12-24)33(46)49-34(2,3)4)40-32(39-28)36(47)19-27(41-50-36)35(5)13-9-10-26-30(35)25(20-37)31(51-26)38-22-42(6)7/h18,22-24,47H,9-17,19,21H2,1-8H3/b38-22+/t23-,35?,36?/m0/s1. The number of piperazine rings is 1. The zero-order chi connectivity index (χ0) is 36.7. The molecule has 5 heterocycles. The maximum atomic E-state index is 12.7. The van der Waals surface area contributed by atoms with Crippen molar-refractivity contribution in [1.29, 1.82) is 5.26 Å². The van der Waals surface area contributed by atoms with E-state index in [0.29, 0.717) is 53.9 Å². The lowest BCUT2D eigenvalue weighted by Gasteiger charge is -2.39. The Morgan fingerprint density at radius 3 is 2.65 bits per heavy atom. The van der Waals surface area contributed by atoms with Crippen molar-refractivity contribution in [1.82, 2.24) is 24.7 Å². The predicted octanol–water partition coefficient (Wildman–Crippen LogP) is 4.77. The van der Waals surface area contributed by atoms with Gasteiger partial charge in [0.2, 0.25) is 11.7 Å². The fraction of sp³-hybridized carbons (Fsp3) is 0.667. The molecule has 276 valence electrons. The van der Waals surface area contributed by atoms with Gasteiger partial charge in [-0.05, 0) is 66.5 Å². The highest BCUT2D eigenvalue weighted by Crippen LogP contribution is 2.51. The van der Waals surface area contributed by atoms with Crippen LogP contribution in [0.1, 0.15) is 88.6 Å². The molecule has 3 aliphatic heterocycles. The smallest absolute Gasteiger partial charge is 0.410 e. The van der Waals surface area contributed by atoms with Crippen LogP contribution in [0.3, 0.4) is 0 Å². The third-order valence-electron chi connectivity index (χ3n) is 10.0. The molecule has 4 aliphatic rings. The number of amides is 1. The Bertz CT molecular complexity index is 1720. The number of thiophene rings is 1. The van der Waals surface area contributed by atoms with Crippen LogP contribution >= 0.6 is 11.3 Å². The van der Waals surface area contributed by atoms with Gasteiger partial charge in [-0.3, -0.25) is 0 Å². The molecular weight excluding hydrogens is 671 g/mol. The molecule has 0 aromatic carbocycles. The van der Waals surface area contributed by atoms with Gasteiger partial charge >= 0.3 is 11.9 Å². The number of carbonyl (C=O) groups excluding carboxylic acids is 1. The molecule has 6 rings (SSSR count). The van der Waals surface area contributed by atoms with Crippen molar-refractivity contribution in [2.24, 2.45) is 10.1 Å². The summed E-state index contributed by atoms with van der Waals surface area (Å²) in [5.41, 5.74) is 0.899. The quantitative estimate of drug-likeness (QED) is 0.311. The number of aryl methyl sites for hydroxylation is 1. The van der Waals surface area contributed by atoms with Gasteiger partial charge in [-0.25, -0.2) is 14.8 Å². The van der Waals surface area contributed by atoms with Crippen molar-refractivity contribution >= 4 is 40.3 Å². The fourth-order valence-electron chi connectivity index (χ4n) is 7.37. The summed E-state index contributed by atoms with van der Waals surface area (Å²) in [4.78, 5) is 42.0. The van der Waals surface area contributed by atoms with E-state index in [2.05, 4.69) is 46.9 Å². The summed E-state index contributed by atoms with van der Waals surface area (Å²) >= 11 is 1.54. The number of likely N-dealkylation sites (N-methyl/N-ethyl adjacent to an activating group) is 1. The Balaban J connectivity index is 1.27. The third kappa shape index (κ3) is 7.78.